The Morgan fingerprint density at radius 2 is 2.00 bits per heavy atom. The molecule has 1 saturated heterocycles. The first-order valence-corrected chi connectivity index (χ1v) is 9.61. The minimum atomic E-state index is -3.17. The van der Waals surface area contributed by atoms with Crippen LogP contribution in [0.1, 0.15) is 18.4 Å². The predicted molar refractivity (Wildman–Crippen MR) is 88.3 cm³/mol. The fourth-order valence-electron chi connectivity index (χ4n) is 2.87. The van der Waals surface area contributed by atoms with E-state index in [9.17, 15) is 8.42 Å². The third-order valence-corrected chi connectivity index (χ3v) is 5.45. The number of nitrogens with zero attached hydrogens (tertiary/aromatic N) is 1. The van der Waals surface area contributed by atoms with E-state index in [1.54, 1.807) is 25.1 Å². The molecule has 1 aromatic carbocycles. The average molecular weight is 326 g/mol. The lowest BCUT2D eigenvalue weighted by molar-refractivity contribution is 0.165. The minimum absolute atomic E-state index is 0.367. The van der Waals surface area contributed by atoms with Crippen LogP contribution in [-0.2, 0) is 9.84 Å². The number of likely N-dealkylation sites (N-methyl/N-ethyl adjacent to an activating group) is 1. The molecular formula is C16H26N2O3S. The molecule has 0 unspecified atom stereocenters. The van der Waals surface area contributed by atoms with Gasteiger partial charge in [-0.2, -0.15) is 0 Å². The van der Waals surface area contributed by atoms with Gasteiger partial charge in [0.2, 0.25) is 0 Å². The van der Waals surface area contributed by atoms with Crippen molar-refractivity contribution in [1.82, 2.24) is 10.2 Å². The van der Waals surface area contributed by atoms with E-state index in [0.717, 1.165) is 30.9 Å². The van der Waals surface area contributed by atoms with Crippen LogP contribution in [0.3, 0.4) is 0 Å². The molecule has 5 nitrogen and oxygen atoms in total. The van der Waals surface area contributed by atoms with Gasteiger partial charge in [-0.1, -0.05) is 0 Å². The van der Waals surface area contributed by atoms with E-state index in [-0.39, 0.29) is 0 Å². The first kappa shape index (κ1) is 17.2. The van der Waals surface area contributed by atoms with Gasteiger partial charge in [0, 0.05) is 18.8 Å². The standard InChI is InChI=1S/C16H26N2O3S/c1-13-12-15(4-5-16(13)22(3,19)20)21-11-10-18(2)14-6-8-17-9-7-14/h4-5,12,14,17H,6-11H2,1-3H3. The van der Waals surface area contributed by atoms with Crippen molar-refractivity contribution in [2.45, 2.75) is 30.7 Å². The molecule has 0 saturated carbocycles. The zero-order valence-electron chi connectivity index (χ0n) is 13.6. The molecule has 0 aromatic heterocycles. The van der Waals surface area contributed by atoms with Crippen molar-refractivity contribution in [3.8, 4) is 5.75 Å². The Labute approximate surface area is 133 Å². The van der Waals surface area contributed by atoms with Gasteiger partial charge >= 0.3 is 0 Å². The highest BCUT2D eigenvalue weighted by Gasteiger charge is 2.17. The summed E-state index contributed by atoms with van der Waals surface area (Å²) in [7, 11) is -1.03. The first-order chi connectivity index (χ1) is 10.4. The highest BCUT2D eigenvalue weighted by atomic mass is 32.2. The van der Waals surface area contributed by atoms with Crippen molar-refractivity contribution < 1.29 is 13.2 Å². The van der Waals surface area contributed by atoms with Crippen LogP contribution in [0.2, 0.25) is 0 Å². The van der Waals surface area contributed by atoms with Crippen molar-refractivity contribution in [3.05, 3.63) is 23.8 Å². The molecule has 1 aliphatic rings. The predicted octanol–water partition coefficient (Wildman–Crippen LogP) is 1.46. The van der Waals surface area contributed by atoms with E-state index >= 15 is 0 Å². The van der Waals surface area contributed by atoms with Crippen molar-refractivity contribution >= 4 is 9.84 Å². The van der Waals surface area contributed by atoms with Crippen LogP contribution in [0, 0.1) is 6.92 Å². The molecule has 1 aliphatic heterocycles. The molecule has 1 N–H and O–H groups in total. The van der Waals surface area contributed by atoms with Crippen LogP contribution >= 0.6 is 0 Å². The van der Waals surface area contributed by atoms with E-state index in [1.807, 2.05) is 0 Å². The van der Waals surface area contributed by atoms with Crippen LogP contribution in [0.25, 0.3) is 0 Å². The zero-order chi connectivity index (χ0) is 16.2. The number of benzene rings is 1. The van der Waals surface area contributed by atoms with Gasteiger partial charge in [-0.3, -0.25) is 4.90 Å². The second-order valence-electron chi connectivity index (χ2n) is 6.01. The molecule has 1 aromatic rings. The van der Waals surface area contributed by atoms with Crippen molar-refractivity contribution in [2.75, 3.05) is 39.5 Å². The minimum Gasteiger partial charge on any atom is -0.492 e. The van der Waals surface area contributed by atoms with E-state index in [2.05, 4.69) is 17.3 Å². The summed E-state index contributed by atoms with van der Waals surface area (Å²) < 4.78 is 28.9. The van der Waals surface area contributed by atoms with Crippen LogP contribution in [0.4, 0.5) is 0 Å². The monoisotopic (exact) mass is 326 g/mol. The number of rotatable bonds is 6. The zero-order valence-corrected chi connectivity index (χ0v) is 14.4. The third-order valence-electron chi connectivity index (χ3n) is 4.19. The fraction of sp³-hybridized carbons (Fsp3) is 0.625. The van der Waals surface area contributed by atoms with Crippen LogP contribution in [-0.4, -0.2) is 58.9 Å². The molecular weight excluding hydrogens is 300 g/mol. The lowest BCUT2D eigenvalue weighted by atomic mass is 10.1. The van der Waals surface area contributed by atoms with Crippen molar-refractivity contribution in [1.29, 1.82) is 0 Å². The number of ether oxygens (including phenoxy) is 1. The van der Waals surface area contributed by atoms with Gasteiger partial charge in [-0.15, -0.1) is 0 Å². The SMILES string of the molecule is Cc1cc(OCCN(C)C2CCNCC2)ccc1S(C)(=O)=O. The molecule has 1 heterocycles. The Morgan fingerprint density at radius 3 is 2.59 bits per heavy atom. The Bertz CT molecular complexity index is 595. The highest BCUT2D eigenvalue weighted by Crippen LogP contribution is 2.21. The maximum absolute atomic E-state index is 11.6. The van der Waals surface area contributed by atoms with E-state index < -0.39 is 9.84 Å². The summed E-state index contributed by atoms with van der Waals surface area (Å²) in [5, 5.41) is 3.37. The van der Waals surface area contributed by atoms with Gasteiger partial charge in [-0.05, 0) is 63.7 Å². The second-order valence-corrected chi connectivity index (χ2v) is 7.99. The third kappa shape index (κ3) is 4.69. The topological polar surface area (TPSA) is 58.6 Å². The van der Waals surface area contributed by atoms with Gasteiger partial charge in [0.05, 0.1) is 4.90 Å². The fourth-order valence-corrected chi connectivity index (χ4v) is 3.82. The summed E-state index contributed by atoms with van der Waals surface area (Å²) in [4.78, 5) is 2.71. The number of sulfone groups is 1. The molecule has 0 spiro atoms. The average Bonchev–Trinajstić information content (AvgIpc) is 2.47. The maximum atomic E-state index is 11.6. The summed E-state index contributed by atoms with van der Waals surface area (Å²) in [5.74, 6) is 0.726. The van der Waals surface area contributed by atoms with Gasteiger partial charge in [0.1, 0.15) is 12.4 Å². The maximum Gasteiger partial charge on any atom is 0.175 e. The summed E-state index contributed by atoms with van der Waals surface area (Å²) in [5.41, 5.74) is 0.728. The van der Waals surface area contributed by atoms with Gasteiger partial charge in [0.25, 0.3) is 0 Å². The molecule has 22 heavy (non-hydrogen) atoms. The number of piperidine rings is 1. The summed E-state index contributed by atoms with van der Waals surface area (Å²) in [6.07, 6.45) is 3.58. The summed E-state index contributed by atoms with van der Waals surface area (Å²) in [6, 6.07) is 5.77. The summed E-state index contributed by atoms with van der Waals surface area (Å²) in [6.45, 7) is 5.45. The normalized spacial score (nSPS) is 16.9. The smallest absolute Gasteiger partial charge is 0.175 e. The number of hydrogen-bond acceptors (Lipinski definition) is 5. The van der Waals surface area contributed by atoms with Gasteiger partial charge in [0.15, 0.2) is 9.84 Å². The molecule has 124 valence electrons. The molecule has 2 rings (SSSR count). The summed E-state index contributed by atoms with van der Waals surface area (Å²) >= 11 is 0. The van der Waals surface area contributed by atoms with Crippen LogP contribution in [0.15, 0.2) is 23.1 Å². The Kier molecular flexibility index (Phi) is 5.83. The number of hydrogen-bond donors (Lipinski definition) is 1. The first-order valence-electron chi connectivity index (χ1n) is 7.72. The lowest BCUT2D eigenvalue weighted by Gasteiger charge is -2.31. The molecule has 0 atom stereocenters. The molecule has 0 amide bonds. The second kappa shape index (κ2) is 7.44. The Balaban J connectivity index is 1.85. The van der Waals surface area contributed by atoms with Crippen molar-refractivity contribution in [3.63, 3.8) is 0 Å². The lowest BCUT2D eigenvalue weighted by Crippen LogP contribution is -2.42. The van der Waals surface area contributed by atoms with Gasteiger partial charge in [-0.25, -0.2) is 8.42 Å². The van der Waals surface area contributed by atoms with Crippen LogP contribution in [0.5, 0.6) is 5.75 Å². The van der Waals surface area contributed by atoms with E-state index in [1.165, 1.54) is 19.1 Å². The van der Waals surface area contributed by atoms with E-state index in [4.69, 9.17) is 4.74 Å². The van der Waals surface area contributed by atoms with Gasteiger partial charge < -0.3 is 10.1 Å². The number of aryl methyl sites for hydroxylation is 1. The molecule has 0 bridgehead atoms. The Hall–Kier alpha value is -1.11. The largest absolute Gasteiger partial charge is 0.492 e. The number of nitrogens with one attached hydrogen (secondary N) is 1. The van der Waals surface area contributed by atoms with Crippen molar-refractivity contribution in [2.24, 2.45) is 0 Å². The molecule has 1 fully saturated rings. The highest BCUT2D eigenvalue weighted by molar-refractivity contribution is 7.90. The molecule has 0 radical (unpaired) electrons. The molecule has 6 heteroatoms. The Morgan fingerprint density at radius 1 is 1.32 bits per heavy atom. The molecule has 0 aliphatic carbocycles. The quantitative estimate of drug-likeness (QED) is 0.858. The van der Waals surface area contributed by atoms with E-state index in [0.29, 0.717) is 17.5 Å². The van der Waals surface area contributed by atoms with Crippen LogP contribution < -0.4 is 10.1 Å².